The smallest absolute Gasteiger partial charge is 0.307 e. The molecule has 1 aromatic carbocycles. The maximum atomic E-state index is 11.5. The summed E-state index contributed by atoms with van der Waals surface area (Å²) in [5.74, 6) is -1.20. The first-order chi connectivity index (χ1) is 8.80. The molecule has 0 saturated heterocycles. The van der Waals surface area contributed by atoms with Gasteiger partial charge in [-0.1, -0.05) is 39.0 Å². The fourth-order valence-electron chi connectivity index (χ4n) is 2.40. The number of fused-ring (bicyclic) bond motifs is 1. The number of aryl methyl sites for hydroxylation is 1. The summed E-state index contributed by atoms with van der Waals surface area (Å²) >= 11 is 0. The fourth-order valence-corrected chi connectivity index (χ4v) is 2.40. The minimum absolute atomic E-state index is 0.287. The second-order valence-corrected chi connectivity index (χ2v) is 6.05. The van der Waals surface area contributed by atoms with Crippen LogP contribution in [0.2, 0.25) is 0 Å². The largest absolute Gasteiger partial charge is 0.481 e. The second kappa shape index (κ2) is 4.68. The van der Waals surface area contributed by atoms with E-state index in [0.29, 0.717) is 6.42 Å². The van der Waals surface area contributed by atoms with Gasteiger partial charge in [0.15, 0.2) is 0 Å². The van der Waals surface area contributed by atoms with Gasteiger partial charge in [-0.3, -0.25) is 9.48 Å². The quantitative estimate of drug-likeness (QED) is 0.923. The summed E-state index contributed by atoms with van der Waals surface area (Å²) in [6, 6.07) is 7.92. The average Bonchev–Trinajstić information content (AvgIpc) is 2.62. The third-order valence-corrected chi connectivity index (χ3v) is 3.58. The molecule has 1 N–H and O–H groups in total. The maximum absolute atomic E-state index is 11.5. The molecule has 1 heterocycles. The number of nitrogens with zero attached hydrogens (tertiary/aromatic N) is 2. The minimum atomic E-state index is -0.762. The van der Waals surface area contributed by atoms with Crippen molar-refractivity contribution >= 4 is 16.9 Å². The molecule has 0 bridgehead atoms. The highest BCUT2D eigenvalue weighted by Crippen LogP contribution is 2.31. The Balaban J connectivity index is 2.43. The van der Waals surface area contributed by atoms with Crippen LogP contribution in [0.4, 0.5) is 0 Å². The molecular weight excluding hydrogens is 240 g/mol. The first kappa shape index (κ1) is 13.6. The third-order valence-electron chi connectivity index (χ3n) is 3.58. The number of hydrogen-bond donors (Lipinski definition) is 1. The molecule has 2 aromatic rings. The lowest BCUT2D eigenvalue weighted by molar-refractivity contribution is -0.145. The number of carboxylic acid groups (broad SMARTS) is 1. The second-order valence-electron chi connectivity index (χ2n) is 6.05. The van der Waals surface area contributed by atoms with Gasteiger partial charge in [0.2, 0.25) is 0 Å². The van der Waals surface area contributed by atoms with Crippen LogP contribution < -0.4 is 0 Å². The monoisotopic (exact) mass is 260 g/mol. The van der Waals surface area contributed by atoms with Crippen LogP contribution in [-0.2, 0) is 18.3 Å². The van der Waals surface area contributed by atoms with Crippen LogP contribution in [0.5, 0.6) is 0 Å². The van der Waals surface area contributed by atoms with Gasteiger partial charge in [0.05, 0.1) is 17.1 Å². The van der Waals surface area contributed by atoms with Crippen LogP contribution in [0, 0.1) is 11.3 Å². The van der Waals surface area contributed by atoms with Gasteiger partial charge in [-0.2, -0.15) is 5.10 Å². The van der Waals surface area contributed by atoms with Crippen molar-refractivity contribution in [1.82, 2.24) is 9.78 Å². The SMILES string of the molecule is Cn1nc(CC(C(=O)O)C(C)(C)C)c2ccccc21. The normalized spacial score (nSPS) is 13.7. The summed E-state index contributed by atoms with van der Waals surface area (Å²) in [6.07, 6.45) is 0.459. The molecule has 0 fully saturated rings. The van der Waals surface area contributed by atoms with Gasteiger partial charge < -0.3 is 5.11 Å². The Morgan fingerprint density at radius 3 is 2.58 bits per heavy atom. The number of benzene rings is 1. The highest BCUT2D eigenvalue weighted by molar-refractivity contribution is 5.82. The van der Waals surface area contributed by atoms with Crippen molar-refractivity contribution in [3.05, 3.63) is 30.0 Å². The molecule has 102 valence electrons. The van der Waals surface area contributed by atoms with E-state index in [0.717, 1.165) is 16.6 Å². The van der Waals surface area contributed by atoms with E-state index in [-0.39, 0.29) is 5.41 Å². The third kappa shape index (κ3) is 2.62. The first-order valence-corrected chi connectivity index (χ1v) is 6.44. The van der Waals surface area contributed by atoms with E-state index in [1.165, 1.54) is 0 Å². The lowest BCUT2D eigenvalue weighted by atomic mass is 9.78. The molecular formula is C15H20N2O2. The van der Waals surface area contributed by atoms with E-state index >= 15 is 0 Å². The Bertz CT molecular complexity index is 608. The van der Waals surface area contributed by atoms with E-state index in [2.05, 4.69) is 5.10 Å². The molecule has 0 amide bonds. The van der Waals surface area contributed by atoms with E-state index in [1.54, 1.807) is 0 Å². The lowest BCUT2D eigenvalue weighted by Crippen LogP contribution is -2.30. The van der Waals surface area contributed by atoms with Crippen molar-refractivity contribution in [1.29, 1.82) is 0 Å². The van der Waals surface area contributed by atoms with E-state index in [9.17, 15) is 9.90 Å². The maximum Gasteiger partial charge on any atom is 0.307 e. The van der Waals surface area contributed by atoms with Crippen LogP contribution in [0.3, 0.4) is 0 Å². The lowest BCUT2D eigenvalue weighted by Gasteiger charge is -2.26. The zero-order valence-electron chi connectivity index (χ0n) is 11.8. The fraction of sp³-hybridized carbons (Fsp3) is 0.467. The molecule has 0 aliphatic heterocycles. The molecule has 0 aliphatic carbocycles. The zero-order valence-corrected chi connectivity index (χ0v) is 11.8. The van der Waals surface area contributed by atoms with Gasteiger partial charge in [0.25, 0.3) is 0 Å². The van der Waals surface area contributed by atoms with Crippen molar-refractivity contribution in [2.75, 3.05) is 0 Å². The molecule has 0 spiro atoms. The van der Waals surface area contributed by atoms with Crippen LogP contribution in [0.25, 0.3) is 10.9 Å². The highest BCUT2D eigenvalue weighted by Gasteiger charge is 2.32. The van der Waals surface area contributed by atoms with Gasteiger partial charge >= 0.3 is 5.97 Å². The summed E-state index contributed by atoms with van der Waals surface area (Å²) < 4.78 is 1.81. The van der Waals surface area contributed by atoms with Crippen molar-refractivity contribution in [3.8, 4) is 0 Å². The van der Waals surface area contributed by atoms with Gasteiger partial charge in [-0.05, 0) is 11.5 Å². The summed E-state index contributed by atoms with van der Waals surface area (Å²) in [5.41, 5.74) is 1.61. The molecule has 4 nitrogen and oxygen atoms in total. The molecule has 0 radical (unpaired) electrons. The molecule has 1 atom stereocenters. The Morgan fingerprint density at radius 1 is 1.37 bits per heavy atom. The summed E-state index contributed by atoms with van der Waals surface area (Å²) in [5, 5.41) is 14.9. The Morgan fingerprint density at radius 2 is 2.00 bits per heavy atom. The molecule has 19 heavy (non-hydrogen) atoms. The molecule has 0 saturated carbocycles. The van der Waals surface area contributed by atoms with E-state index < -0.39 is 11.9 Å². The van der Waals surface area contributed by atoms with Crippen LogP contribution in [0.1, 0.15) is 26.5 Å². The van der Waals surface area contributed by atoms with Crippen LogP contribution >= 0.6 is 0 Å². The van der Waals surface area contributed by atoms with Gasteiger partial charge in [0, 0.05) is 18.9 Å². The molecule has 2 rings (SSSR count). The summed E-state index contributed by atoms with van der Waals surface area (Å²) in [7, 11) is 1.89. The van der Waals surface area contributed by atoms with Crippen LogP contribution in [-0.4, -0.2) is 20.9 Å². The Labute approximate surface area is 113 Å². The average molecular weight is 260 g/mol. The number of para-hydroxylation sites is 1. The molecule has 4 heteroatoms. The zero-order chi connectivity index (χ0) is 14.2. The van der Waals surface area contributed by atoms with Crippen molar-refractivity contribution in [2.45, 2.75) is 27.2 Å². The van der Waals surface area contributed by atoms with E-state index in [1.807, 2.05) is 56.8 Å². The standard InChI is InChI=1S/C15H20N2O2/c1-15(2,3)11(14(18)19)9-12-10-7-5-6-8-13(10)17(4)16-12/h5-8,11H,9H2,1-4H3,(H,18,19). The molecule has 0 aliphatic rings. The highest BCUT2D eigenvalue weighted by atomic mass is 16.4. The Hall–Kier alpha value is -1.84. The van der Waals surface area contributed by atoms with Gasteiger partial charge in [-0.25, -0.2) is 0 Å². The number of carbonyl (C=O) groups is 1. The van der Waals surface area contributed by atoms with Crippen LogP contribution in [0.15, 0.2) is 24.3 Å². The van der Waals surface area contributed by atoms with E-state index in [4.69, 9.17) is 0 Å². The number of carboxylic acids is 1. The van der Waals surface area contributed by atoms with Crippen molar-refractivity contribution in [3.63, 3.8) is 0 Å². The molecule has 1 aromatic heterocycles. The minimum Gasteiger partial charge on any atom is -0.481 e. The number of aromatic nitrogens is 2. The number of hydrogen-bond acceptors (Lipinski definition) is 2. The topological polar surface area (TPSA) is 55.1 Å². The number of rotatable bonds is 3. The number of aliphatic carboxylic acids is 1. The predicted octanol–water partition coefficient (Wildman–Crippen LogP) is 2.86. The Kier molecular flexibility index (Phi) is 3.35. The molecule has 1 unspecified atom stereocenters. The summed E-state index contributed by atoms with van der Waals surface area (Å²) in [4.78, 5) is 11.5. The first-order valence-electron chi connectivity index (χ1n) is 6.44. The summed E-state index contributed by atoms with van der Waals surface area (Å²) in [6.45, 7) is 5.87. The predicted molar refractivity (Wildman–Crippen MR) is 75.0 cm³/mol. The van der Waals surface area contributed by atoms with Gasteiger partial charge in [-0.15, -0.1) is 0 Å². The van der Waals surface area contributed by atoms with Crippen molar-refractivity contribution in [2.24, 2.45) is 18.4 Å². The van der Waals surface area contributed by atoms with Crippen molar-refractivity contribution < 1.29 is 9.90 Å². The van der Waals surface area contributed by atoms with Gasteiger partial charge in [0.1, 0.15) is 0 Å².